The van der Waals surface area contributed by atoms with E-state index in [1.807, 2.05) is 0 Å². The first-order chi connectivity index (χ1) is 6.83. The Balaban J connectivity index is 1.94. The third-order valence-corrected chi connectivity index (χ3v) is 2.98. The van der Waals surface area contributed by atoms with Crippen LogP contribution in [0.2, 0.25) is 0 Å². The van der Waals surface area contributed by atoms with Crippen LogP contribution in [-0.2, 0) is 9.47 Å². The van der Waals surface area contributed by atoms with Gasteiger partial charge in [-0.2, -0.15) is 0 Å². The molecule has 0 unspecified atom stereocenters. The number of unbranched alkanes of at least 4 members (excludes halogenated alkanes) is 1. The zero-order valence-corrected chi connectivity index (χ0v) is 9.63. The maximum atomic E-state index is 5.49. The van der Waals surface area contributed by atoms with Gasteiger partial charge in [0.2, 0.25) is 0 Å². The molecule has 0 saturated carbocycles. The molecule has 1 rings (SSSR count). The molecule has 0 atom stereocenters. The number of hydrogen-bond acceptors (Lipinski definition) is 2. The van der Waals surface area contributed by atoms with Gasteiger partial charge in [0.1, 0.15) is 19.6 Å². The van der Waals surface area contributed by atoms with Gasteiger partial charge in [-0.25, -0.2) is 0 Å². The molecule has 0 radical (unpaired) electrons. The maximum absolute atomic E-state index is 5.49. The molecule has 0 amide bonds. The molecular formula is C11H24NO2+. The molecule has 0 aromatic carbocycles. The standard InChI is InChI=1S/C11H24NO2/c1-3-4-5-12(6-7-12)8-9-14-11-10-13-2/h3-11H2,1-2H3/q+1. The fourth-order valence-electron chi connectivity index (χ4n) is 1.70. The lowest BCUT2D eigenvalue weighted by Gasteiger charge is -2.17. The van der Waals surface area contributed by atoms with Crippen molar-refractivity contribution >= 4 is 0 Å². The predicted molar refractivity (Wildman–Crippen MR) is 57.3 cm³/mol. The summed E-state index contributed by atoms with van der Waals surface area (Å²) >= 11 is 0. The first kappa shape index (κ1) is 12.0. The van der Waals surface area contributed by atoms with E-state index in [1.165, 1.54) is 43.5 Å². The smallest absolute Gasteiger partial charge is 0.129 e. The van der Waals surface area contributed by atoms with Gasteiger partial charge in [-0.1, -0.05) is 13.3 Å². The van der Waals surface area contributed by atoms with Crippen LogP contribution in [0.15, 0.2) is 0 Å². The fourth-order valence-corrected chi connectivity index (χ4v) is 1.70. The van der Waals surface area contributed by atoms with E-state index in [1.54, 1.807) is 7.11 Å². The van der Waals surface area contributed by atoms with E-state index in [9.17, 15) is 0 Å². The van der Waals surface area contributed by atoms with Crippen molar-refractivity contribution in [1.82, 2.24) is 0 Å². The van der Waals surface area contributed by atoms with Crippen molar-refractivity contribution in [2.75, 3.05) is 53.1 Å². The van der Waals surface area contributed by atoms with Crippen LogP contribution in [0.4, 0.5) is 0 Å². The molecular weight excluding hydrogens is 178 g/mol. The summed E-state index contributed by atoms with van der Waals surface area (Å²) in [5.74, 6) is 0. The SMILES string of the molecule is CCCC[N+]1(CCOCCOC)CC1. The summed E-state index contributed by atoms with van der Waals surface area (Å²) in [6, 6.07) is 0. The lowest BCUT2D eigenvalue weighted by atomic mass is 10.3. The minimum Gasteiger partial charge on any atom is -0.382 e. The Bertz CT molecular complexity index is 146. The van der Waals surface area contributed by atoms with Crippen molar-refractivity contribution in [3.63, 3.8) is 0 Å². The van der Waals surface area contributed by atoms with Crippen LogP contribution in [0.3, 0.4) is 0 Å². The highest BCUT2D eigenvalue weighted by Gasteiger charge is 2.40. The first-order valence-corrected chi connectivity index (χ1v) is 5.75. The Hall–Kier alpha value is -0.120. The number of methoxy groups -OCH3 is 1. The zero-order valence-electron chi connectivity index (χ0n) is 9.63. The molecule has 0 aromatic heterocycles. The topological polar surface area (TPSA) is 18.5 Å². The molecule has 1 heterocycles. The van der Waals surface area contributed by atoms with Gasteiger partial charge in [-0.05, 0) is 6.42 Å². The summed E-state index contributed by atoms with van der Waals surface area (Å²) in [5, 5.41) is 0. The van der Waals surface area contributed by atoms with Gasteiger partial charge in [0.05, 0.1) is 26.4 Å². The second kappa shape index (κ2) is 6.38. The van der Waals surface area contributed by atoms with Gasteiger partial charge < -0.3 is 14.0 Å². The highest BCUT2D eigenvalue weighted by Crippen LogP contribution is 2.21. The largest absolute Gasteiger partial charge is 0.382 e. The second-order valence-electron chi connectivity index (χ2n) is 4.19. The van der Waals surface area contributed by atoms with Crippen LogP contribution in [0.25, 0.3) is 0 Å². The van der Waals surface area contributed by atoms with Crippen molar-refractivity contribution in [2.24, 2.45) is 0 Å². The van der Waals surface area contributed by atoms with E-state index in [-0.39, 0.29) is 0 Å². The molecule has 3 nitrogen and oxygen atoms in total. The third kappa shape index (κ3) is 4.40. The number of quaternary nitrogens is 1. The fraction of sp³-hybridized carbons (Fsp3) is 1.00. The molecule has 14 heavy (non-hydrogen) atoms. The Morgan fingerprint density at radius 1 is 1.07 bits per heavy atom. The maximum Gasteiger partial charge on any atom is 0.129 e. The average Bonchev–Trinajstić information content (AvgIpc) is 2.96. The third-order valence-electron chi connectivity index (χ3n) is 2.98. The molecule has 3 heteroatoms. The highest BCUT2D eigenvalue weighted by molar-refractivity contribution is 4.56. The Morgan fingerprint density at radius 2 is 1.86 bits per heavy atom. The van der Waals surface area contributed by atoms with E-state index in [0.717, 1.165) is 19.8 Å². The van der Waals surface area contributed by atoms with Gasteiger partial charge in [-0.3, -0.25) is 0 Å². The lowest BCUT2D eigenvalue weighted by Crippen LogP contribution is -2.31. The van der Waals surface area contributed by atoms with Crippen LogP contribution in [-0.4, -0.2) is 57.6 Å². The van der Waals surface area contributed by atoms with Gasteiger partial charge in [0, 0.05) is 7.11 Å². The van der Waals surface area contributed by atoms with Crippen molar-refractivity contribution in [1.29, 1.82) is 0 Å². The molecule has 0 bridgehead atoms. The van der Waals surface area contributed by atoms with Crippen LogP contribution in [0.1, 0.15) is 19.8 Å². The summed E-state index contributed by atoms with van der Waals surface area (Å²) < 4.78 is 11.7. The van der Waals surface area contributed by atoms with E-state index >= 15 is 0 Å². The molecule has 0 N–H and O–H groups in total. The first-order valence-electron chi connectivity index (χ1n) is 5.75. The van der Waals surface area contributed by atoms with Crippen molar-refractivity contribution in [3.05, 3.63) is 0 Å². The van der Waals surface area contributed by atoms with E-state index < -0.39 is 0 Å². The Morgan fingerprint density at radius 3 is 2.43 bits per heavy atom. The van der Waals surface area contributed by atoms with Crippen LogP contribution < -0.4 is 0 Å². The molecule has 1 saturated heterocycles. The van der Waals surface area contributed by atoms with Crippen LogP contribution in [0.5, 0.6) is 0 Å². The number of nitrogens with zero attached hydrogens (tertiary/aromatic N) is 1. The Kier molecular flexibility index (Phi) is 5.45. The summed E-state index contributed by atoms with van der Waals surface area (Å²) in [6.07, 6.45) is 2.67. The zero-order chi connectivity index (χ0) is 10.3. The average molecular weight is 202 g/mol. The number of rotatable bonds is 9. The monoisotopic (exact) mass is 202 g/mol. The highest BCUT2D eigenvalue weighted by atomic mass is 16.5. The van der Waals surface area contributed by atoms with Crippen LogP contribution in [0, 0.1) is 0 Å². The number of hydrogen-bond donors (Lipinski definition) is 0. The van der Waals surface area contributed by atoms with Gasteiger partial charge in [0.25, 0.3) is 0 Å². The molecule has 1 fully saturated rings. The minimum atomic E-state index is 0.717. The quantitative estimate of drug-likeness (QED) is 0.318. The van der Waals surface area contributed by atoms with Crippen molar-refractivity contribution in [3.8, 4) is 0 Å². The predicted octanol–water partition coefficient (Wildman–Crippen LogP) is 1.28. The molecule has 1 aliphatic heterocycles. The van der Waals surface area contributed by atoms with Crippen LogP contribution >= 0.6 is 0 Å². The van der Waals surface area contributed by atoms with Gasteiger partial charge >= 0.3 is 0 Å². The second-order valence-corrected chi connectivity index (χ2v) is 4.19. The summed E-state index contributed by atoms with van der Waals surface area (Å²) in [7, 11) is 1.71. The van der Waals surface area contributed by atoms with Crippen molar-refractivity contribution < 1.29 is 14.0 Å². The van der Waals surface area contributed by atoms with E-state index in [4.69, 9.17) is 9.47 Å². The summed E-state index contributed by atoms with van der Waals surface area (Å²) in [5.41, 5.74) is 0. The molecule has 0 spiro atoms. The van der Waals surface area contributed by atoms with Gasteiger partial charge in [-0.15, -0.1) is 0 Å². The normalized spacial score (nSPS) is 18.4. The van der Waals surface area contributed by atoms with E-state index in [2.05, 4.69) is 6.92 Å². The summed E-state index contributed by atoms with van der Waals surface area (Å²) in [4.78, 5) is 0. The molecule has 0 aliphatic carbocycles. The van der Waals surface area contributed by atoms with Gasteiger partial charge in [0.15, 0.2) is 0 Å². The molecule has 0 aromatic rings. The molecule has 1 aliphatic rings. The lowest BCUT2D eigenvalue weighted by molar-refractivity contribution is -0.800. The molecule has 84 valence electrons. The minimum absolute atomic E-state index is 0.717. The van der Waals surface area contributed by atoms with E-state index in [0.29, 0.717) is 0 Å². The van der Waals surface area contributed by atoms with Crippen molar-refractivity contribution in [2.45, 2.75) is 19.8 Å². The number of ether oxygens (including phenoxy) is 2. The summed E-state index contributed by atoms with van der Waals surface area (Å²) in [6.45, 7) is 9.90. The Labute approximate surface area is 87.6 Å².